The number of esters is 1. The van der Waals surface area contributed by atoms with Crippen molar-refractivity contribution in [2.75, 3.05) is 12.4 Å². The minimum Gasteiger partial charge on any atom is -0.467 e. The first-order valence-corrected chi connectivity index (χ1v) is 9.05. The van der Waals surface area contributed by atoms with Crippen molar-refractivity contribution in [3.63, 3.8) is 0 Å². The average Bonchev–Trinajstić information content (AvgIpc) is 3.43. The molecule has 0 radical (unpaired) electrons. The molecular formula is C21H20N4O4. The Balaban J connectivity index is 1.60. The highest BCUT2D eigenvalue weighted by Crippen LogP contribution is 2.23. The third kappa shape index (κ3) is 3.40. The maximum Gasteiger partial charge on any atom is 0.359 e. The van der Waals surface area contributed by atoms with Crippen LogP contribution >= 0.6 is 0 Å². The maximum absolute atomic E-state index is 12.9. The van der Waals surface area contributed by atoms with Gasteiger partial charge in [0.1, 0.15) is 5.76 Å². The van der Waals surface area contributed by atoms with Gasteiger partial charge in [0.2, 0.25) is 0 Å². The second-order valence-electron chi connectivity index (χ2n) is 6.73. The first-order chi connectivity index (χ1) is 14.0. The molecule has 4 aromatic rings. The van der Waals surface area contributed by atoms with Gasteiger partial charge in [0.15, 0.2) is 5.69 Å². The zero-order chi connectivity index (χ0) is 20.5. The van der Waals surface area contributed by atoms with E-state index in [1.54, 1.807) is 24.5 Å². The van der Waals surface area contributed by atoms with Crippen LogP contribution in [0.1, 0.15) is 38.0 Å². The molecule has 1 amide bonds. The molecule has 3 aromatic heterocycles. The molecular weight excluding hydrogens is 372 g/mol. The number of methoxy groups -OCH3 is 1. The van der Waals surface area contributed by atoms with Gasteiger partial charge in [0.25, 0.3) is 5.91 Å². The molecule has 0 fully saturated rings. The fraction of sp³-hybridized carbons (Fsp3) is 0.190. The van der Waals surface area contributed by atoms with E-state index in [1.165, 1.54) is 7.11 Å². The van der Waals surface area contributed by atoms with Crippen LogP contribution in [0, 0.1) is 13.8 Å². The third-order valence-corrected chi connectivity index (χ3v) is 4.91. The predicted molar refractivity (Wildman–Crippen MR) is 107 cm³/mol. The van der Waals surface area contributed by atoms with E-state index in [9.17, 15) is 9.59 Å². The SMILES string of the molecule is COC(=O)c1n[nH]c2ccc(NC(=O)c3cc(C)n(Cc4ccco4)c3C)cc12. The molecule has 8 heteroatoms. The number of nitrogens with zero attached hydrogens (tertiary/aromatic N) is 2. The number of rotatable bonds is 5. The minimum absolute atomic E-state index is 0.176. The number of aromatic amines is 1. The number of anilines is 1. The van der Waals surface area contributed by atoms with Crippen LogP contribution in [0.25, 0.3) is 10.9 Å². The fourth-order valence-electron chi connectivity index (χ4n) is 3.38. The average molecular weight is 392 g/mol. The van der Waals surface area contributed by atoms with Crippen LogP contribution in [0.15, 0.2) is 47.1 Å². The Labute approximate surface area is 166 Å². The number of aromatic nitrogens is 3. The molecule has 0 aliphatic carbocycles. The van der Waals surface area contributed by atoms with Gasteiger partial charge in [0, 0.05) is 22.5 Å². The van der Waals surface area contributed by atoms with Gasteiger partial charge in [-0.3, -0.25) is 9.89 Å². The molecule has 1 aromatic carbocycles. The number of carbonyl (C=O) groups excluding carboxylic acids is 2. The molecule has 0 spiro atoms. The number of hydrogen-bond acceptors (Lipinski definition) is 5. The molecule has 0 saturated heterocycles. The van der Waals surface area contributed by atoms with Crippen molar-refractivity contribution in [1.82, 2.24) is 14.8 Å². The smallest absolute Gasteiger partial charge is 0.359 e. The Morgan fingerprint density at radius 2 is 2.07 bits per heavy atom. The van der Waals surface area contributed by atoms with E-state index in [4.69, 9.17) is 9.15 Å². The van der Waals surface area contributed by atoms with Gasteiger partial charge in [-0.1, -0.05) is 0 Å². The summed E-state index contributed by atoms with van der Waals surface area (Å²) >= 11 is 0. The molecule has 148 valence electrons. The van der Waals surface area contributed by atoms with Crippen LogP contribution < -0.4 is 5.32 Å². The van der Waals surface area contributed by atoms with Crippen LogP contribution in [0.2, 0.25) is 0 Å². The number of H-pyrrole nitrogens is 1. The van der Waals surface area contributed by atoms with Crippen LogP contribution in [0.4, 0.5) is 5.69 Å². The zero-order valence-corrected chi connectivity index (χ0v) is 16.3. The Hall–Kier alpha value is -3.81. The number of nitrogens with one attached hydrogen (secondary N) is 2. The molecule has 2 N–H and O–H groups in total. The van der Waals surface area contributed by atoms with Gasteiger partial charge in [-0.2, -0.15) is 5.10 Å². The van der Waals surface area contributed by atoms with Gasteiger partial charge in [-0.15, -0.1) is 0 Å². The van der Waals surface area contributed by atoms with E-state index < -0.39 is 5.97 Å². The number of hydrogen-bond donors (Lipinski definition) is 2. The molecule has 0 aliphatic heterocycles. The zero-order valence-electron chi connectivity index (χ0n) is 16.3. The van der Waals surface area contributed by atoms with Crippen molar-refractivity contribution in [2.24, 2.45) is 0 Å². The number of benzene rings is 1. The van der Waals surface area contributed by atoms with E-state index in [-0.39, 0.29) is 11.6 Å². The molecule has 29 heavy (non-hydrogen) atoms. The quantitative estimate of drug-likeness (QED) is 0.505. The topological polar surface area (TPSA) is 102 Å². The Bertz CT molecular complexity index is 1200. The van der Waals surface area contributed by atoms with Crippen molar-refractivity contribution in [3.8, 4) is 0 Å². The van der Waals surface area contributed by atoms with Gasteiger partial charge in [0.05, 0.1) is 31.0 Å². The summed E-state index contributed by atoms with van der Waals surface area (Å²) in [5.74, 6) is 0.0481. The van der Waals surface area contributed by atoms with Gasteiger partial charge >= 0.3 is 5.97 Å². The summed E-state index contributed by atoms with van der Waals surface area (Å²) in [6, 6.07) is 10.8. The third-order valence-electron chi connectivity index (χ3n) is 4.91. The van der Waals surface area contributed by atoms with Gasteiger partial charge in [-0.05, 0) is 50.2 Å². The van der Waals surface area contributed by atoms with Gasteiger partial charge in [-0.25, -0.2) is 4.79 Å². The Morgan fingerprint density at radius 3 is 2.79 bits per heavy atom. The number of furan rings is 1. The minimum atomic E-state index is -0.541. The number of fused-ring (bicyclic) bond motifs is 1. The molecule has 0 atom stereocenters. The highest BCUT2D eigenvalue weighted by Gasteiger charge is 2.18. The lowest BCUT2D eigenvalue weighted by molar-refractivity contribution is 0.0596. The van der Waals surface area contributed by atoms with Crippen LogP contribution in [0.5, 0.6) is 0 Å². The summed E-state index contributed by atoms with van der Waals surface area (Å²) < 4.78 is 12.2. The van der Waals surface area contributed by atoms with Crippen molar-refractivity contribution in [1.29, 1.82) is 0 Å². The predicted octanol–water partition coefficient (Wildman–Crippen LogP) is 3.66. The maximum atomic E-state index is 12.9. The Kier molecular flexibility index (Phi) is 4.67. The standard InChI is InChI=1S/C21H20N4O4/c1-12-9-16(13(2)25(12)11-15-5-4-8-29-15)20(26)22-14-6-7-18-17(10-14)19(24-23-18)21(27)28-3/h4-10H,11H2,1-3H3,(H,22,26)(H,23,24). The van der Waals surface area contributed by atoms with Crippen LogP contribution in [-0.4, -0.2) is 33.8 Å². The summed E-state index contributed by atoms with van der Waals surface area (Å²) in [6.45, 7) is 4.41. The molecule has 3 heterocycles. The number of ether oxygens (including phenoxy) is 1. The van der Waals surface area contributed by atoms with E-state index >= 15 is 0 Å². The molecule has 8 nitrogen and oxygen atoms in total. The number of aryl methyl sites for hydroxylation is 1. The number of carbonyl (C=O) groups is 2. The molecule has 0 aliphatic rings. The lowest BCUT2D eigenvalue weighted by atomic mass is 10.1. The summed E-state index contributed by atoms with van der Waals surface area (Å²) in [7, 11) is 1.30. The molecule has 0 unspecified atom stereocenters. The summed E-state index contributed by atoms with van der Waals surface area (Å²) in [5, 5.41) is 10.2. The highest BCUT2D eigenvalue weighted by molar-refractivity contribution is 6.07. The van der Waals surface area contributed by atoms with Crippen LogP contribution in [0.3, 0.4) is 0 Å². The Morgan fingerprint density at radius 1 is 1.24 bits per heavy atom. The molecule has 0 saturated carbocycles. The van der Waals surface area contributed by atoms with Crippen molar-refractivity contribution in [2.45, 2.75) is 20.4 Å². The number of amides is 1. The second-order valence-corrected chi connectivity index (χ2v) is 6.73. The summed E-state index contributed by atoms with van der Waals surface area (Å²) in [4.78, 5) is 24.7. The van der Waals surface area contributed by atoms with E-state index in [1.807, 2.05) is 36.6 Å². The van der Waals surface area contributed by atoms with Crippen molar-refractivity contribution in [3.05, 3.63) is 71.1 Å². The second kappa shape index (κ2) is 7.31. The van der Waals surface area contributed by atoms with Gasteiger partial charge < -0.3 is 19.0 Å². The lowest BCUT2D eigenvalue weighted by Crippen LogP contribution is -2.13. The lowest BCUT2D eigenvalue weighted by Gasteiger charge is -2.09. The molecule has 0 bridgehead atoms. The van der Waals surface area contributed by atoms with Crippen LogP contribution in [-0.2, 0) is 11.3 Å². The largest absolute Gasteiger partial charge is 0.467 e. The summed E-state index contributed by atoms with van der Waals surface area (Å²) in [5.41, 5.74) is 3.80. The molecule has 4 rings (SSSR count). The van der Waals surface area contributed by atoms with Crippen molar-refractivity contribution < 1.29 is 18.7 Å². The van der Waals surface area contributed by atoms with E-state index in [0.717, 1.165) is 17.1 Å². The first-order valence-electron chi connectivity index (χ1n) is 9.05. The summed E-state index contributed by atoms with van der Waals surface area (Å²) in [6.07, 6.45) is 1.63. The highest BCUT2D eigenvalue weighted by atomic mass is 16.5. The first kappa shape index (κ1) is 18.5. The monoisotopic (exact) mass is 392 g/mol. The van der Waals surface area contributed by atoms with E-state index in [2.05, 4.69) is 15.5 Å². The van der Waals surface area contributed by atoms with E-state index in [0.29, 0.717) is 28.7 Å². The van der Waals surface area contributed by atoms with Crippen molar-refractivity contribution >= 4 is 28.5 Å². The normalized spacial score (nSPS) is 11.0. The fourth-order valence-corrected chi connectivity index (χ4v) is 3.38.